The molecule has 1 fully saturated rings. The Balaban J connectivity index is 2.00. The summed E-state index contributed by atoms with van der Waals surface area (Å²) >= 11 is 0. The monoisotopic (exact) mass is 407 g/mol. The van der Waals surface area contributed by atoms with Crippen molar-refractivity contribution in [2.24, 2.45) is 0 Å². The van der Waals surface area contributed by atoms with E-state index in [1.807, 2.05) is 0 Å². The number of nitrogens with zero attached hydrogens (tertiary/aromatic N) is 2. The van der Waals surface area contributed by atoms with Gasteiger partial charge in [0.25, 0.3) is 0 Å². The van der Waals surface area contributed by atoms with Crippen LogP contribution in [0.4, 0.5) is 26.3 Å². The van der Waals surface area contributed by atoms with E-state index in [2.05, 4.69) is 4.98 Å². The number of aromatic amines is 1. The standard InChI is InChI=1S/C17H15F6N3O2/c18-16(19,20)11-5-10(6-12(7-11)17(21,22)23)14-8-26(15(28)24-14)13-1-3-25(9-27)4-2-13/h5-9,13H,1-4H2,(H,24,28). The number of hydrogen-bond acceptors (Lipinski definition) is 2. The van der Waals surface area contributed by atoms with Gasteiger partial charge in [0.05, 0.1) is 16.8 Å². The number of H-pyrrole nitrogens is 1. The van der Waals surface area contributed by atoms with Gasteiger partial charge in [0.1, 0.15) is 0 Å². The van der Waals surface area contributed by atoms with Crippen LogP contribution in [0.1, 0.15) is 30.0 Å². The molecule has 5 nitrogen and oxygen atoms in total. The third-order valence-corrected chi connectivity index (χ3v) is 4.68. The second kappa shape index (κ2) is 7.02. The molecule has 0 spiro atoms. The van der Waals surface area contributed by atoms with Crippen molar-refractivity contribution in [3.8, 4) is 11.3 Å². The van der Waals surface area contributed by atoms with E-state index in [0.29, 0.717) is 44.5 Å². The minimum atomic E-state index is -4.97. The minimum absolute atomic E-state index is 0.0355. The highest BCUT2D eigenvalue weighted by Crippen LogP contribution is 2.38. The number of amides is 1. The number of likely N-dealkylation sites (tertiary alicyclic amines) is 1. The number of carbonyl (C=O) groups is 1. The molecule has 2 heterocycles. The lowest BCUT2D eigenvalue weighted by Crippen LogP contribution is -2.35. The molecule has 1 aromatic heterocycles. The van der Waals surface area contributed by atoms with Crippen molar-refractivity contribution in [3.05, 3.63) is 46.0 Å². The minimum Gasteiger partial charge on any atom is -0.345 e. The van der Waals surface area contributed by atoms with Crippen molar-refractivity contribution in [1.82, 2.24) is 14.5 Å². The fourth-order valence-electron chi connectivity index (χ4n) is 3.21. The van der Waals surface area contributed by atoms with Crippen LogP contribution in [0.2, 0.25) is 0 Å². The maximum absolute atomic E-state index is 13.0. The molecule has 0 unspecified atom stereocenters. The van der Waals surface area contributed by atoms with E-state index in [-0.39, 0.29) is 23.4 Å². The average Bonchev–Trinajstić information content (AvgIpc) is 3.02. The van der Waals surface area contributed by atoms with Crippen LogP contribution >= 0.6 is 0 Å². The molecule has 1 amide bonds. The number of halogens is 6. The Morgan fingerprint density at radius 1 is 0.964 bits per heavy atom. The van der Waals surface area contributed by atoms with Gasteiger partial charge < -0.3 is 9.88 Å². The van der Waals surface area contributed by atoms with Crippen LogP contribution in [-0.2, 0) is 17.1 Å². The summed E-state index contributed by atoms with van der Waals surface area (Å²) in [5.41, 5.74) is -4.07. The summed E-state index contributed by atoms with van der Waals surface area (Å²) in [5.74, 6) is 0. The first-order chi connectivity index (χ1) is 13.0. The fraction of sp³-hybridized carbons (Fsp3) is 0.412. The van der Waals surface area contributed by atoms with Crippen LogP contribution in [0.15, 0.2) is 29.2 Å². The zero-order valence-corrected chi connectivity index (χ0v) is 14.3. The third-order valence-electron chi connectivity index (χ3n) is 4.68. The van der Waals surface area contributed by atoms with Gasteiger partial charge in [0.2, 0.25) is 6.41 Å². The number of carbonyl (C=O) groups excluding carboxylic acids is 1. The molecule has 0 aliphatic carbocycles. The molecule has 0 atom stereocenters. The van der Waals surface area contributed by atoms with Gasteiger partial charge in [-0.3, -0.25) is 9.36 Å². The Hall–Kier alpha value is -2.72. The van der Waals surface area contributed by atoms with Gasteiger partial charge in [-0.1, -0.05) is 0 Å². The first kappa shape index (κ1) is 20.0. The number of rotatable bonds is 3. The predicted octanol–water partition coefficient (Wildman–Crippen LogP) is 3.67. The van der Waals surface area contributed by atoms with Gasteiger partial charge in [-0.15, -0.1) is 0 Å². The summed E-state index contributed by atoms with van der Waals surface area (Å²) in [5, 5.41) is 0. The highest BCUT2D eigenvalue weighted by molar-refractivity contribution is 5.61. The van der Waals surface area contributed by atoms with E-state index < -0.39 is 29.2 Å². The van der Waals surface area contributed by atoms with Gasteiger partial charge >= 0.3 is 18.0 Å². The summed E-state index contributed by atoms with van der Waals surface area (Å²) in [4.78, 5) is 26.8. The summed E-state index contributed by atoms with van der Waals surface area (Å²) in [6.07, 6.45) is -7.14. The first-order valence-electron chi connectivity index (χ1n) is 8.29. The zero-order chi connectivity index (χ0) is 20.7. The number of piperidine rings is 1. The molecule has 1 N–H and O–H groups in total. The SMILES string of the molecule is O=CN1CCC(n2cc(-c3cc(C(F)(F)F)cc(C(F)(F)F)c3)[nH]c2=O)CC1. The third kappa shape index (κ3) is 4.07. The van der Waals surface area contributed by atoms with E-state index in [1.165, 1.54) is 15.7 Å². The number of nitrogens with one attached hydrogen (secondary N) is 1. The van der Waals surface area contributed by atoms with Crippen LogP contribution in [-0.4, -0.2) is 34.0 Å². The lowest BCUT2D eigenvalue weighted by atomic mass is 10.0. The lowest BCUT2D eigenvalue weighted by Gasteiger charge is -2.29. The molecule has 1 aliphatic rings. The number of hydrogen-bond donors (Lipinski definition) is 1. The summed E-state index contributed by atoms with van der Waals surface area (Å²) < 4.78 is 79.4. The van der Waals surface area contributed by atoms with Gasteiger partial charge in [0, 0.05) is 30.9 Å². The van der Waals surface area contributed by atoms with E-state index in [9.17, 15) is 35.9 Å². The van der Waals surface area contributed by atoms with Crippen LogP contribution in [0.25, 0.3) is 11.3 Å². The highest BCUT2D eigenvalue weighted by atomic mass is 19.4. The molecule has 1 aromatic carbocycles. The lowest BCUT2D eigenvalue weighted by molar-refractivity contribution is -0.143. The maximum Gasteiger partial charge on any atom is 0.416 e. The fourth-order valence-corrected chi connectivity index (χ4v) is 3.21. The first-order valence-corrected chi connectivity index (χ1v) is 8.29. The van der Waals surface area contributed by atoms with Crippen molar-refractivity contribution in [2.45, 2.75) is 31.2 Å². The van der Waals surface area contributed by atoms with E-state index >= 15 is 0 Å². The van der Waals surface area contributed by atoms with E-state index in [0.717, 1.165) is 0 Å². The van der Waals surface area contributed by atoms with Crippen molar-refractivity contribution in [3.63, 3.8) is 0 Å². The molecule has 1 aliphatic heterocycles. The Labute approximate surface area is 154 Å². The molecule has 0 radical (unpaired) electrons. The Kier molecular flexibility index (Phi) is 5.02. The summed E-state index contributed by atoms with van der Waals surface area (Å²) in [7, 11) is 0. The van der Waals surface area contributed by atoms with Crippen LogP contribution in [0.3, 0.4) is 0 Å². The second-order valence-electron chi connectivity index (χ2n) is 6.55. The maximum atomic E-state index is 13.0. The average molecular weight is 407 g/mol. The molecule has 2 aromatic rings. The number of alkyl halides is 6. The van der Waals surface area contributed by atoms with Crippen LogP contribution < -0.4 is 5.69 Å². The Bertz CT molecular complexity index is 888. The molecule has 152 valence electrons. The van der Waals surface area contributed by atoms with E-state index in [4.69, 9.17) is 0 Å². The molecule has 0 saturated carbocycles. The number of benzene rings is 1. The smallest absolute Gasteiger partial charge is 0.345 e. The normalized spacial score (nSPS) is 16.4. The molecular weight excluding hydrogens is 392 g/mol. The van der Waals surface area contributed by atoms with E-state index in [1.54, 1.807) is 0 Å². The number of imidazole rings is 1. The number of aromatic nitrogens is 2. The largest absolute Gasteiger partial charge is 0.416 e. The van der Waals surface area contributed by atoms with Crippen molar-refractivity contribution >= 4 is 6.41 Å². The van der Waals surface area contributed by atoms with Gasteiger partial charge in [-0.2, -0.15) is 26.3 Å². The van der Waals surface area contributed by atoms with Gasteiger partial charge in [0.15, 0.2) is 0 Å². The zero-order valence-electron chi connectivity index (χ0n) is 14.3. The quantitative estimate of drug-likeness (QED) is 0.624. The van der Waals surface area contributed by atoms with Gasteiger partial charge in [-0.25, -0.2) is 4.79 Å². The van der Waals surface area contributed by atoms with Crippen LogP contribution in [0.5, 0.6) is 0 Å². The van der Waals surface area contributed by atoms with Crippen molar-refractivity contribution in [2.75, 3.05) is 13.1 Å². The molecular formula is C17H15F6N3O2. The summed E-state index contributed by atoms with van der Waals surface area (Å²) in [6.45, 7) is 0.811. The second-order valence-corrected chi connectivity index (χ2v) is 6.55. The Morgan fingerprint density at radius 3 is 1.96 bits per heavy atom. The molecule has 11 heteroatoms. The van der Waals surface area contributed by atoms with Crippen molar-refractivity contribution < 1.29 is 31.1 Å². The Morgan fingerprint density at radius 2 is 1.50 bits per heavy atom. The van der Waals surface area contributed by atoms with Crippen LogP contribution in [0, 0.1) is 0 Å². The molecule has 1 saturated heterocycles. The topological polar surface area (TPSA) is 58.1 Å². The predicted molar refractivity (Wildman–Crippen MR) is 86.4 cm³/mol. The molecule has 28 heavy (non-hydrogen) atoms. The van der Waals surface area contributed by atoms with Gasteiger partial charge in [-0.05, 0) is 31.0 Å². The highest BCUT2D eigenvalue weighted by Gasteiger charge is 2.37. The van der Waals surface area contributed by atoms with Crippen molar-refractivity contribution in [1.29, 1.82) is 0 Å². The summed E-state index contributed by atoms with van der Waals surface area (Å²) in [6, 6.07) is 0.870. The molecule has 0 bridgehead atoms. The molecule has 3 rings (SSSR count).